The van der Waals surface area contributed by atoms with Gasteiger partial charge in [-0.1, -0.05) is 0 Å². The Morgan fingerprint density at radius 2 is 1.94 bits per heavy atom. The highest BCUT2D eigenvalue weighted by atomic mass is 16.4. The van der Waals surface area contributed by atoms with Crippen molar-refractivity contribution in [2.45, 2.75) is 20.8 Å². The monoisotopic (exact) mass is 232 g/mol. The van der Waals surface area contributed by atoms with Gasteiger partial charge in [0.05, 0.1) is 0 Å². The largest absolute Gasteiger partial charge is 0.508 e. The summed E-state index contributed by atoms with van der Waals surface area (Å²) in [6.45, 7) is 4.83. The number of benzene rings is 1. The standard InChI is InChI=1S/C13H12O4/c1-6-4-9(15)5-10-11(6)7(2)12(8(3)14)13(16)17-10/h4-5,15H,1-3H3. The Hall–Kier alpha value is -2.10. The van der Waals surface area contributed by atoms with Gasteiger partial charge in [0.1, 0.15) is 16.9 Å². The fourth-order valence-electron chi connectivity index (χ4n) is 2.13. The van der Waals surface area contributed by atoms with Crippen LogP contribution in [-0.2, 0) is 0 Å². The minimum atomic E-state index is -0.660. The van der Waals surface area contributed by atoms with Crippen LogP contribution in [0.2, 0.25) is 0 Å². The zero-order valence-corrected chi connectivity index (χ0v) is 9.83. The predicted octanol–water partition coefficient (Wildman–Crippen LogP) is 2.32. The molecule has 17 heavy (non-hydrogen) atoms. The molecule has 1 heterocycles. The molecule has 0 unspecified atom stereocenters. The molecule has 0 saturated heterocycles. The molecule has 0 aliphatic rings. The molecule has 4 nitrogen and oxygen atoms in total. The summed E-state index contributed by atoms with van der Waals surface area (Å²) in [5.41, 5.74) is 1.08. The topological polar surface area (TPSA) is 67.5 Å². The summed E-state index contributed by atoms with van der Waals surface area (Å²) in [7, 11) is 0. The van der Waals surface area contributed by atoms with Crippen molar-refractivity contribution in [3.8, 4) is 5.75 Å². The lowest BCUT2D eigenvalue weighted by atomic mass is 10.00. The van der Waals surface area contributed by atoms with Gasteiger partial charge in [-0.05, 0) is 38.0 Å². The number of Topliss-reactive ketones (excluding diaryl/α,β-unsaturated/α-hetero) is 1. The van der Waals surface area contributed by atoms with E-state index in [0.29, 0.717) is 16.5 Å². The summed E-state index contributed by atoms with van der Waals surface area (Å²) in [5.74, 6) is -0.279. The molecule has 0 aliphatic carbocycles. The molecular weight excluding hydrogens is 220 g/mol. The Kier molecular flexibility index (Phi) is 2.50. The number of rotatable bonds is 1. The van der Waals surface area contributed by atoms with Crippen LogP contribution in [-0.4, -0.2) is 10.9 Å². The van der Waals surface area contributed by atoms with E-state index >= 15 is 0 Å². The molecule has 0 saturated carbocycles. The number of phenols is 1. The van der Waals surface area contributed by atoms with E-state index in [1.807, 2.05) is 0 Å². The van der Waals surface area contributed by atoms with Gasteiger partial charge in [0, 0.05) is 11.5 Å². The van der Waals surface area contributed by atoms with E-state index in [1.54, 1.807) is 19.9 Å². The van der Waals surface area contributed by atoms with Gasteiger partial charge in [-0.15, -0.1) is 0 Å². The molecule has 1 aromatic carbocycles. The maximum Gasteiger partial charge on any atom is 0.347 e. The van der Waals surface area contributed by atoms with Crippen molar-refractivity contribution < 1.29 is 14.3 Å². The van der Waals surface area contributed by atoms with Crippen molar-refractivity contribution in [3.05, 3.63) is 39.2 Å². The van der Waals surface area contributed by atoms with E-state index in [0.717, 1.165) is 5.56 Å². The van der Waals surface area contributed by atoms with E-state index in [1.165, 1.54) is 13.0 Å². The van der Waals surface area contributed by atoms with Crippen molar-refractivity contribution >= 4 is 16.8 Å². The summed E-state index contributed by atoms with van der Waals surface area (Å²) >= 11 is 0. The van der Waals surface area contributed by atoms with Crippen molar-refractivity contribution in [2.24, 2.45) is 0 Å². The molecule has 0 amide bonds. The Labute approximate surface area is 97.5 Å². The highest BCUT2D eigenvalue weighted by Gasteiger charge is 2.16. The minimum absolute atomic E-state index is 0.0353. The minimum Gasteiger partial charge on any atom is -0.508 e. The number of phenolic OH excluding ortho intramolecular Hbond substituents is 1. The average Bonchev–Trinajstić information content (AvgIpc) is 2.13. The Bertz CT molecular complexity index is 680. The van der Waals surface area contributed by atoms with Crippen LogP contribution < -0.4 is 5.63 Å². The van der Waals surface area contributed by atoms with Gasteiger partial charge in [0.25, 0.3) is 0 Å². The first-order chi connectivity index (χ1) is 7.91. The van der Waals surface area contributed by atoms with Crippen LogP contribution in [0.1, 0.15) is 28.4 Å². The van der Waals surface area contributed by atoms with Gasteiger partial charge in [-0.2, -0.15) is 0 Å². The van der Waals surface area contributed by atoms with Gasteiger partial charge in [-0.25, -0.2) is 4.79 Å². The van der Waals surface area contributed by atoms with Crippen LogP contribution in [0.25, 0.3) is 11.0 Å². The smallest absolute Gasteiger partial charge is 0.347 e. The van der Waals surface area contributed by atoms with Crippen molar-refractivity contribution in [2.75, 3.05) is 0 Å². The van der Waals surface area contributed by atoms with Crippen LogP contribution >= 0.6 is 0 Å². The molecule has 0 fully saturated rings. The number of hydrogen-bond acceptors (Lipinski definition) is 4. The first-order valence-corrected chi connectivity index (χ1v) is 5.19. The van der Waals surface area contributed by atoms with E-state index < -0.39 is 5.63 Å². The zero-order valence-electron chi connectivity index (χ0n) is 9.83. The molecule has 4 heteroatoms. The van der Waals surface area contributed by atoms with E-state index in [9.17, 15) is 14.7 Å². The SMILES string of the molecule is CC(=O)c1c(C)c2c(C)cc(O)cc2oc1=O. The van der Waals surface area contributed by atoms with Crippen molar-refractivity contribution in [3.63, 3.8) is 0 Å². The van der Waals surface area contributed by atoms with Gasteiger partial charge < -0.3 is 9.52 Å². The number of aromatic hydroxyl groups is 1. The molecular formula is C13H12O4. The van der Waals surface area contributed by atoms with Crippen LogP contribution in [0, 0.1) is 13.8 Å². The second kappa shape index (κ2) is 3.73. The summed E-state index contributed by atoms with van der Waals surface area (Å²) in [6.07, 6.45) is 0. The second-order valence-electron chi connectivity index (χ2n) is 4.08. The molecule has 0 atom stereocenters. The molecule has 88 valence electrons. The number of fused-ring (bicyclic) bond motifs is 1. The second-order valence-corrected chi connectivity index (χ2v) is 4.08. The summed E-state index contributed by atoms with van der Waals surface area (Å²) in [5, 5.41) is 10.1. The average molecular weight is 232 g/mol. The highest BCUT2D eigenvalue weighted by Crippen LogP contribution is 2.27. The predicted molar refractivity (Wildman–Crippen MR) is 63.6 cm³/mol. The third-order valence-electron chi connectivity index (χ3n) is 2.79. The molecule has 0 spiro atoms. The van der Waals surface area contributed by atoms with E-state index in [-0.39, 0.29) is 17.1 Å². The van der Waals surface area contributed by atoms with Crippen LogP contribution in [0.4, 0.5) is 0 Å². The fraction of sp³-hybridized carbons (Fsp3) is 0.231. The summed E-state index contributed by atoms with van der Waals surface area (Å²) in [4.78, 5) is 23.0. The zero-order chi connectivity index (χ0) is 12.7. The van der Waals surface area contributed by atoms with Crippen LogP contribution in [0.5, 0.6) is 5.75 Å². The van der Waals surface area contributed by atoms with Crippen LogP contribution in [0.15, 0.2) is 21.3 Å². The lowest BCUT2D eigenvalue weighted by Crippen LogP contribution is -2.14. The quantitative estimate of drug-likeness (QED) is 0.605. The molecule has 2 aromatic rings. The van der Waals surface area contributed by atoms with Gasteiger partial charge in [-0.3, -0.25) is 4.79 Å². The van der Waals surface area contributed by atoms with Crippen molar-refractivity contribution in [1.29, 1.82) is 0 Å². The van der Waals surface area contributed by atoms with Gasteiger partial charge in [0.2, 0.25) is 0 Å². The van der Waals surface area contributed by atoms with Gasteiger partial charge >= 0.3 is 5.63 Å². The van der Waals surface area contributed by atoms with Gasteiger partial charge in [0.15, 0.2) is 5.78 Å². The summed E-state index contributed by atoms with van der Waals surface area (Å²) in [6, 6.07) is 2.94. The number of carbonyl (C=O) groups excluding carboxylic acids is 1. The first kappa shape index (κ1) is 11.4. The number of carbonyl (C=O) groups is 1. The Morgan fingerprint density at radius 3 is 2.53 bits per heavy atom. The Morgan fingerprint density at radius 1 is 1.29 bits per heavy atom. The van der Waals surface area contributed by atoms with E-state index in [2.05, 4.69) is 0 Å². The van der Waals surface area contributed by atoms with Crippen molar-refractivity contribution in [1.82, 2.24) is 0 Å². The fourth-order valence-corrected chi connectivity index (χ4v) is 2.13. The molecule has 0 bridgehead atoms. The highest BCUT2D eigenvalue weighted by molar-refractivity contribution is 6.00. The first-order valence-electron chi connectivity index (χ1n) is 5.19. The lowest BCUT2D eigenvalue weighted by molar-refractivity contribution is 0.101. The van der Waals surface area contributed by atoms with Crippen LogP contribution in [0.3, 0.4) is 0 Å². The number of ketones is 1. The van der Waals surface area contributed by atoms with E-state index in [4.69, 9.17) is 4.42 Å². The maximum absolute atomic E-state index is 11.6. The lowest BCUT2D eigenvalue weighted by Gasteiger charge is -2.08. The normalized spacial score (nSPS) is 10.8. The number of hydrogen-bond donors (Lipinski definition) is 1. The molecule has 0 radical (unpaired) electrons. The molecule has 1 N–H and O–H groups in total. The molecule has 2 rings (SSSR count). The summed E-state index contributed by atoms with van der Waals surface area (Å²) < 4.78 is 5.06. The Balaban J connectivity index is 3.03. The maximum atomic E-state index is 11.6. The third kappa shape index (κ3) is 1.71. The molecule has 1 aromatic heterocycles. The molecule has 0 aliphatic heterocycles. The third-order valence-corrected chi connectivity index (χ3v) is 2.79. The number of aryl methyl sites for hydroxylation is 2.